The van der Waals surface area contributed by atoms with Gasteiger partial charge in [0.2, 0.25) is 0 Å². The number of nitrogens with zero attached hydrogens (tertiary/aromatic N) is 3. The molecule has 0 aliphatic carbocycles. The van der Waals surface area contributed by atoms with Crippen LogP contribution in [0.25, 0.3) is 10.1 Å². The molecule has 0 fully saturated rings. The Morgan fingerprint density at radius 3 is 2.65 bits per heavy atom. The summed E-state index contributed by atoms with van der Waals surface area (Å²) < 4.78 is 31.0. The predicted octanol–water partition coefficient (Wildman–Crippen LogP) is 3.26. The van der Waals surface area contributed by atoms with E-state index >= 15 is 0 Å². The van der Waals surface area contributed by atoms with Gasteiger partial charge in [-0.15, -0.1) is 11.3 Å². The van der Waals surface area contributed by atoms with E-state index in [9.17, 15) is 8.42 Å². The Labute approximate surface area is 158 Å². The summed E-state index contributed by atoms with van der Waals surface area (Å²) in [4.78, 5) is 6.08. The minimum Gasteiger partial charge on any atom is -0.334 e. The SMILES string of the molecule is CC(C)n1cnc(S(=O)(=O)NC[C@H](c2csc3ccccc23)N(C)C)c1. The minimum absolute atomic E-state index is 0.0545. The fourth-order valence-corrected chi connectivity index (χ4v) is 4.81. The summed E-state index contributed by atoms with van der Waals surface area (Å²) in [6.45, 7) is 4.25. The van der Waals surface area contributed by atoms with Crippen molar-refractivity contribution in [2.75, 3.05) is 20.6 Å². The molecular weight excluding hydrogens is 368 g/mol. The number of sulfonamides is 1. The third-order valence-electron chi connectivity index (χ3n) is 4.41. The summed E-state index contributed by atoms with van der Waals surface area (Å²) in [6.07, 6.45) is 3.12. The molecule has 0 spiro atoms. The molecule has 1 N–H and O–H groups in total. The zero-order valence-corrected chi connectivity index (χ0v) is 17.0. The second-order valence-corrected chi connectivity index (χ2v) is 9.40. The van der Waals surface area contributed by atoms with Crippen LogP contribution in [0.4, 0.5) is 0 Å². The fourth-order valence-electron chi connectivity index (χ4n) is 2.83. The summed E-state index contributed by atoms with van der Waals surface area (Å²) >= 11 is 1.68. The third kappa shape index (κ3) is 3.83. The van der Waals surface area contributed by atoms with Gasteiger partial charge in [0.25, 0.3) is 10.0 Å². The van der Waals surface area contributed by atoms with Gasteiger partial charge in [-0.25, -0.2) is 18.1 Å². The Morgan fingerprint density at radius 2 is 2.00 bits per heavy atom. The molecule has 1 atom stereocenters. The molecule has 0 aliphatic heterocycles. The van der Waals surface area contributed by atoms with Crippen LogP contribution >= 0.6 is 11.3 Å². The highest BCUT2D eigenvalue weighted by molar-refractivity contribution is 7.89. The molecule has 2 heterocycles. The molecule has 0 radical (unpaired) electrons. The number of hydrogen-bond acceptors (Lipinski definition) is 5. The van der Waals surface area contributed by atoms with Gasteiger partial charge >= 0.3 is 0 Å². The maximum absolute atomic E-state index is 12.6. The molecule has 2 aromatic heterocycles. The zero-order chi connectivity index (χ0) is 18.9. The molecule has 140 valence electrons. The molecule has 3 aromatic rings. The number of likely N-dealkylation sites (N-methyl/N-ethyl adjacent to an activating group) is 1. The maximum atomic E-state index is 12.6. The van der Waals surface area contributed by atoms with Gasteiger partial charge in [0.15, 0.2) is 5.03 Å². The summed E-state index contributed by atoms with van der Waals surface area (Å²) in [5.74, 6) is 0. The molecule has 0 bridgehead atoms. The van der Waals surface area contributed by atoms with Gasteiger partial charge in [-0.1, -0.05) is 18.2 Å². The van der Waals surface area contributed by atoms with Crippen LogP contribution < -0.4 is 4.72 Å². The van der Waals surface area contributed by atoms with Crippen molar-refractivity contribution in [1.29, 1.82) is 0 Å². The van der Waals surface area contributed by atoms with E-state index in [1.165, 1.54) is 10.1 Å². The second kappa shape index (κ2) is 7.48. The molecule has 0 aliphatic rings. The topological polar surface area (TPSA) is 67.2 Å². The molecule has 3 rings (SSSR count). The number of nitrogens with one attached hydrogen (secondary N) is 1. The standard InChI is InChI=1S/C18H24N4O2S2/c1-13(2)22-10-18(19-12-22)26(23,24)20-9-16(21(3)4)15-11-25-17-8-6-5-7-14(15)17/h5-8,10-13,16,20H,9H2,1-4H3/t16-/m1/s1. The largest absolute Gasteiger partial charge is 0.334 e. The average Bonchev–Trinajstić information content (AvgIpc) is 3.22. The van der Waals surface area contributed by atoms with Gasteiger partial charge in [-0.2, -0.15) is 0 Å². The Balaban J connectivity index is 1.82. The quantitative estimate of drug-likeness (QED) is 0.670. The van der Waals surface area contributed by atoms with Crippen molar-refractivity contribution in [3.05, 3.63) is 47.7 Å². The lowest BCUT2D eigenvalue weighted by Crippen LogP contribution is -2.34. The van der Waals surface area contributed by atoms with Crippen molar-refractivity contribution >= 4 is 31.4 Å². The van der Waals surface area contributed by atoms with E-state index in [1.54, 1.807) is 28.4 Å². The number of imidazole rings is 1. The van der Waals surface area contributed by atoms with Crippen molar-refractivity contribution in [2.24, 2.45) is 0 Å². The number of fused-ring (bicyclic) bond motifs is 1. The highest BCUT2D eigenvalue weighted by Crippen LogP contribution is 2.32. The number of thiophene rings is 1. The normalized spacial score (nSPS) is 13.8. The highest BCUT2D eigenvalue weighted by atomic mass is 32.2. The van der Waals surface area contributed by atoms with Crippen molar-refractivity contribution in [2.45, 2.75) is 31.0 Å². The first kappa shape index (κ1) is 19.0. The smallest absolute Gasteiger partial charge is 0.259 e. The van der Waals surface area contributed by atoms with Gasteiger partial charge in [0, 0.05) is 29.5 Å². The van der Waals surface area contributed by atoms with E-state index in [0.29, 0.717) is 0 Å². The summed E-state index contributed by atoms with van der Waals surface area (Å²) in [6, 6.07) is 8.29. The second-order valence-electron chi connectivity index (χ2n) is 6.77. The lowest BCUT2D eigenvalue weighted by Gasteiger charge is -2.24. The number of hydrogen-bond donors (Lipinski definition) is 1. The lowest BCUT2D eigenvalue weighted by molar-refractivity contribution is 0.301. The van der Waals surface area contributed by atoms with Crippen LogP contribution in [0, 0.1) is 0 Å². The lowest BCUT2D eigenvalue weighted by atomic mass is 10.1. The molecule has 26 heavy (non-hydrogen) atoms. The Bertz CT molecular complexity index is 989. The van der Waals surface area contributed by atoms with Crippen LogP contribution in [0.2, 0.25) is 0 Å². The molecular formula is C18H24N4O2S2. The third-order valence-corrected chi connectivity index (χ3v) is 6.70. The molecule has 1 aromatic carbocycles. The highest BCUT2D eigenvalue weighted by Gasteiger charge is 2.23. The summed E-state index contributed by atoms with van der Waals surface area (Å²) in [5.41, 5.74) is 1.13. The number of rotatable bonds is 7. The van der Waals surface area contributed by atoms with Crippen molar-refractivity contribution in [3.8, 4) is 0 Å². The van der Waals surface area contributed by atoms with Crippen LogP contribution in [0.5, 0.6) is 0 Å². The summed E-state index contributed by atoms with van der Waals surface area (Å²) in [5, 5.41) is 3.33. The number of aromatic nitrogens is 2. The molecule has 0 unspecified atom stereocenters. The van der Waals surface area contributed by atoms with Crippen LogP contribution in [0.3, 0.4) is 0 Å². The predicted molar refractivity (Wildman–Crippen MR) is 106 cm³/mol. The first-order valence-corrected chi connectivity index (χ1v) is 10.8. The van der Waals surface area contributed by atoms with E-state index in [-0.39, 0.29) is 23.7 Å². The van der Waals surface area contributed by atoms with E-state index in [1.807, 2.05) is 45.0 Å². The van der Waals surface area contributed by atoms with Crippen molar-refractivity contribution < 1.29 is 8.42 Å². The number of benzene rings is 1. The molecule has 8 heteroatoms. The minimum atomic E-state index is -3.65. The Hall–Kier alpha value is -1.74. The molecule has 0 saturated heterocycles. The first-order chi connectivity index (χ1) is 12.3. The van der Waals surface area contributed by atoms with E-state index < -0.39 is 10.0 Å². The van der Waals surface area contributed by atoms with E-state index in [4.69, 9.17) is 0 Å². The van der Waals surface area contributed by atoms with Gasteiger partial charge in [-0.3, -0.25) is 0 Å². The van der Waals surface area contributed by atoms with Crippen molar-refractivity contribution in [3.63, 3.8) is 0 Å². The summed E-state index contributed by atoms with van der Waals surface area (Å²) in [7, 11) is 0.263. The van der Waals surface area contributed by atoms with E-state index in [2.05, 4.69) is 27.2 Å². The first-order valence-electron chi connectivity index (χ1n) is 8.45. The van der Waals surface area contributed by atoms with Crippen LogP contribution in [-0.2, 0) is 10.0 Å². The van der Waals surface area contributed by atoms with Crippen LogP contribution in [-0.4, -0.2) is 43.5 Å². The monoisotopic (exact) mass is 392 g/mol. The van der Waals surface area contributed by atoms with Crippen molar-refractivity contribution in [1.82, 2.24) is 19.2 Å². The zero-order valence-electron chi connectivity index (χ0n) is 15.4. The molecule has 0 saturated carbocycles. The Kier molecular flexibility index (Phi) is 5.47. The molecule has 6 nitrogen and oxygen atoms in total. The van der Waals surface area contributed by atoms with Gasteiger partial charge < -0.3 is 9.47 Å². The van der Waals surface area contributed by atoms with Gasteiger partial charge in [0.05, 0.1) is 6.33 Å². The van der Waals surface area contributed by atoms with Crippen LogP contribution in [0.1, 0.15) is 31.5 Å². The molecule has 0 amide bonds. The maximum Gasteiger partial charge on any atom is 0.259 e. The Morgan fingerprint density at radius 1 is 1.27 bits per heavy atom. The fraction of sp³-hybridized carbons (Fsp3) is 0.389. The van der Waals surface area contributed by atoms with Gasteiger partial charge in [0.1, 0.15) is 0 Å². The van der Waals surface area contributed by atoms with E-state index in [0.717, 1.165) is 5.56 Å². The van der Waals surface area contributed by atoms with Gasteiger partial charge in [-0.05, 0) is 50.3 Å². The average molecular weight is 393 g/mol. The van der Waals surface area contributed by atoms with Crippen LogP contribution in [0.15, 0.2) is 47.2 Å².